The summed E-state index contributed by atoms with van der Waals surface area (Å²) in [5, 5.41) is 1.20. The van der Waals surface area contributed by atoms with Crippen molar-refractivity contribution in [2.24, 2.45) is 28.2 Å². The Bertz CT molecular complexity index is 1170. The number of rotatable bonds is 5. The second kappa shape index (κ2) is 7.45. The predicted molar refractivity (Wildman–Crippen MR) is 123 cm³/mol. The minimum Gasteiger partial charge on any atom is -0.383 e. The van der Waals surface area contributed by atoms with Gasteiger partial charge >= 0.3 is 0 Å². The van der Waals surface area contributed by atoms with Crippen LogP contribution < -0.4 is 4.80 Å². The van der Waals surface area contributed by atoms with E-state index in [4.69, 9.17) is 9.73 Å². The van der Waals surface area contributed by atoms with E-state index in [0.717, 1.165) is 57.8 Å². The molecule has 0 saturated heterocycles. The third-order valence-electron chi connectivity index (χ3n) is 7.80. The van der Waals surface area contributed by atoms with Gasteiger partial charge in [-0.3, -0.25) is 4.79 Å². The Labute approximate surface area is 186 Å². The molecule has 7 rings (SSSR count). The number of para-hydroxylation sites is 1. The molecule has 4 fully saturated rings. The number of nitrogens with zero attached hydrogens (tertiary/aromatic N) is 2. The van der Waals surface area contributed by atoms with E-state index in [1.165, 1.54) is 24.6 Å². The second-order valence-electron chi connectivity index (χ2n) is 9.93. The third kappa shape index (κ3) is 3.31. The highest BCUT2D eigenvalue weighted by Crippen LogP contribution is 2.60. The Hall–Kier alpha value is -2.18. The molecule has 0 unspecified atom stereocenters. The summed E-state index contributed by atoms with van der Waals surface area (Å²) < 4.78 is 7.43. The average Bonchev–Trinajstić information content (AvgIpc) is 3.35. The monoisotopic (exact) mass is 435 g/mol. The summed E-state index contributed by atoms with van der Waals surface area (Å²) in [4.78, 5) is 23.7. The highest BCUT2D eigenvalue weighted by Gasteiger charge is 2.54. The number of amides is 1. The first kappa shape index (κ1) is 19.5. The van der Waals surface area contributed by atoms with Gasteiger partial charge in [-0.25, -0.2) is 0 Å². The fraction of sp³-hybridized carbons (Fsp3) is 0.520. The van der Waals surface area contributed by atoms with Gasteiger partial charge in [0.2, 0.25) is 0 Å². The summed E-state index contributed by atoms with van der Waals surface area (Å²) in [5.74, 6) is 2.37. The third-order valence-corrected chi connectivity index (χ3v) is 8.85. The molecule has 1 N–H and O–H groups in total. The van der Waals surface area contributed by atoms with E-state index in [-0.39, 0.29) is 11.3 Å². The van der Waals surface area contributed by atoms with Gasteiger partial charge in [0.25, 0.3) is 5.91 Å². The summed E-state index contributed by atoms with van der Waals surface area (Å²) in [7, 11) is 1.71. The van der Waals surface area contributed by atoms with E-state index in [2.05, 4.69) is 40.1 Å². The number of carbonyl (C=O) groups excluding carboxylic acids is 1. The molecule has 0 aliphatic heterocycles. The molecule has 2 aromatic heterocycles. The Morgan fingerprint density at radius 1 is 1.19 bits per heavy atom. The molecule has 1 aromatic carbocycles. The minimum absolute atomic E-state index is 0.130. The van der Waals surface area contributed by atoms with E-state index < -0.39 is 0 Å². The van der Waals surface area contributed by atoms with Crippen molar-refractivity contribution >= 4 is 28.1 Å². The van der Waals surface area contributed by atoms with Crippen molar-refractivity contribution < 1.29 is 9.53 Å². The number of nitrogens with one attached hydrogen (secondary N) is 1. The lowest BCUT2D eigenvalue weighted by molar-refractivity contribution is -0.142. The number of methoxy groups -OCH3 is 1. The number of hydrogen-bond donors (Lipinski definition) is 1. The Morgan fingerprint density at radius 3 is 2.61 bits per heavy atom. The number of H-pyrrole nitrogens is 1. The molecule has 4 saturated carbocycles. The Balaban J connectivity index is 1.39. The number of carbonyl (C=O) groups is 1. The number of ether oxygens (including phenoxy) is 1. The summed E-state index contributed by atoms with van der Waals surface area (Å²) in [5.41, 5.74) is 2.09. The normalized spacial score (nSPS) is 29.8. The van der Waals surface area contributed by atoms with Gasteiger partial charge in [0.05, 0.1) is 16.9 Å². The summed E-state index contributed by atoms with van der Waals surface area (Å²) in [6, 6.07) is 8.33. The second-order valence-corrected chi connectivity index (χ2v) is 10.9. The Morgan fingerprint density at radius 2 is 1.90 bits per heavy atom. The van der Waals surface area contributed by atoms with Crippen LogP contribution in [-0.2, 0) is 16.1 Å². The van der Waals surface area contributed by atoms with Crippen LogP contribution in [0, 0.1) is 23.2 Å². The molecular formula is C25H29N3O2S. The minimum atomic E-state index is -0.196. The zero-order chi connectivity index (χ0) is 21.0. The Kier molecular flexibility index (Phi) is 4.69. The molecule has 0 atom stereocenters. The highest BCUT2D eigenvalue weighted by molar-refractivity contribution is 7.13. The smallest absolute Gasteiger partial charge is 0.254 e. The zero-order valence-corrected chi connectivity index (χ0v) is 18.8. The quantitative estimate of drug-likeness (QED) is 0.614. The predicted octanol–water partition coefficient (Wildman–Crippen LogP) is 4.99. The van der Waals surface area contributed by atoms with Crippen molar-refractivity contribution in [2.75, 3.05) is 13.7 Å². The number of thiazole rings is 1. The molecule has 5 nitrogen and oxygen atoms in total. The van der Waals surface area contributed by atoms with Gasteiger partial charge in [0, 0.05) is 42.5 Å². The maximum Gasteiger partial charge on any atom is 0.254 e. The molecule has 6 heteroatoms. The first-order valence-corrected chi connectivity index (χ1v) is 12.3. The first-order chi connectivity index (χ1) is 15.1. The van der Waals surface area contributed by atoms with Crippen LogP contribution in [0.5, 0.6) is 0 Å². The number of hydrogen-bond acceptors (Lipinski definition) is 3. The van der Waals surface area contributed by atoms with E-state index in [1.54, 1.807) is 18.4 Å². The van der Waals surface area contributed by atoms with Crippen molar-refractivity contribution in [3.63, 3.8) is 0 Å². The molecule has 3 aromatic rings. The zero-order valence-electron chi connectivity index (χ0n) is 18.0. The van der Waals surface area contributed by atoms with Gasteiger partial charge in [-0.05, 0) is 62.3 Å². The average molecular weight is 436 g/mol. The molecule has 31 heavy (non-hydrogen) atoms. The van der Waals surface area contributed by atoms with Gasteiger partial charge in [-0.1, -0.05) is 29.5 Å². The van der Waals surface area contributed by atoms with Crippen LogP contribution in [0.2, 0.25) is 0 Å². The van der Waals surface area contributed by atoms with Crippen LogP contribution in [0.3, 0.4) is 0 Å². The molecule has 4 aliphatic rings. The molecule has 4 bridgehead atoms. The number of aromatic nitrogens is 2. The van der Waals surface area contributed by atoms with Gasteiger partial charge in [-0.2, -0.15) is 4.99 Å². The van der Waals surface area contributed by atoms with Crippen LogP contribution in [0.25, 0.3) is 21.3 Å². The largest absolute Gasteiger partial charge is 0.383 e. The molecule has 1 amide bonds. The number of benzene rings is 1. The topological polar surface area (TPSA) is 59.4 Å². The molecule has 0 spiro atoms. The highest BCUT2D eigenvalue weighted by atomic mass is 32.1. The van der Waals surface area contributed by atoms with Gasteiger partial charge in [0.15, 0.2) is 4.80 Å². The number of fused-ring (bicyclic) bond motifs is 1. The van der Waals surface area contributed by atoms with Crippen molar-refractivity contribution in [1.82, 2.24) is 9.55 Å². The summed E-state index contributed by atoms with van der Waals surface area (Å²) >= 11 is 1.61. The van der Waals surface area contributed by atoms with Gasteiger partial charge in [-0.15, -0.1) is 0 Å². The fourth-order valence-corrected chi connectivity index (χ4v) is 7.84. The first-order valence-electron chi connectivity index (χ1n) is 11.5. The fourth-order valence-electron chi connectivity index (χ4n) is 6.79. The lowest BCUT2D eigenvalue weighted by atomic mass is 9.49. The van der Waals surface area contributed by atoms with Crippen LogP contribution in [0.15, 0.2) is 41.7 Å². The summed E-state index contributed by atoms with van der Waals surface area (Å²) in [6.07, 6.45) is 11.4. The van der Waals surface area contributed by atoms with Crippen molar-refractivity contribution in [3.8, 4) is 10.4 Å². The van der Waals surface area contributed by atoms with E-state index >= 15 is 0 Å². The van der Waals surface area contributed by atoms with Crippen LogP contribution in [-0.4, -0.2) is 29.2 Å². The van der Waals surface area contributed by atoms with Crippen LogP contribution in [0.1, 0.15) is 38.5 Å². The lowest BCUT2D eigenvalue weighted by Gasteiger charge is -2.55. The van der Waals surface area contributed by atoms with E-state index in [0.29, 0.717) is 13.2 Å². The SMILES string of the molecule is COCCn1cc(-c2c[nH]c3ccccc23)s/c1=N\C(=O)C12CC3CC(CC(C3)C1)C2. The summed E-state index contributed by atoms with van der Waals surface area (Å²) in [6.45, 7) is 1.30. The van der Waals surface area contributed by atoms with Gasteiger partial charge < -0.3 is 14.3 Å². The molecular weight excluding hydrogens is 406 g/mol. The van der Waals surface area contributed by atoms with Crippen LogP contribution in [0.4, 0.5) is 0 Å². The molecule has 162 valence electrons. The van der Waals surface area contributed by atoms with Crippen molar-refractivity contribution in [2.45, 2.75) is 45.1 Å². The number of aromatic amines is 1. The molecule has 4 aliphatic carbocycles. The lowest BCUT2D eigenvalue weighted by Crippen LogP contribution is -2.49. The van der Waals surface area contributed by atoms with E-state index in [1.807, 2.05) is 6.07 Å². The molecule has 0 radical (unpaired) electrons. The van der Waals surface area contributed by atoms with E-state index in [9.17, 15) is 4.79 Å². The molecule has 2 heterocycles. The van der Waals surface area contributed by atoms with Crippen LogP contribution >= 0.6 is 11.3 Å². The van der Waals surface area contributed by atoms with Crippen molar-refractivity contribution in [1.29, 1.82) is 0 Å². The maximum absolute atomic E-state index is 13.6. The maximum atomic E-state index is 13.6. The van der Waals surface area contributed by atoms with Gasteiger partial charge in [0.1, 0.15) is 0 Å². The van der Waals surface area contributed by atoms with Crippen molar-refractivity contribution in [3.05, 3.63) is 41.5 Å². The standard InChI is InChI=1S/C25H29N3O2S/c1-30-7-6-28-15-22(20-14-26-21-5-3-2-4-19(20)21)31-24(28)27-23(29)25-11-16-8-17(12-25)10-18(9-16)13-25/h2-5,14-18,26H,6-13H2,1H3/b27-24-.